The maximum atomic E-state index is 13.0. The molecule has 1 aromatic heterocycles. The fourth-order valence-corrected chi connectivity index (χ4v) is 4.15. The second-order valence-corrected chi connectivity index (χ2v) is 7.43. The summed E-state index contributed by atoms with van der Waals surface area (Å²) in [4.78, 5) is 11.7. The van der Waals surface area contributed by atoms with E-state index in [1.807, 2.05) is 25.1 Å². The van der Waals surface area contributed by atoms with E-state index < -0.39 is 15.8 Å². The molecule has 0 fully saturated rings. The molecule has 6 nitrogen and oxygen atoms in total. The zero-order valence-corrected chi connectivity index (χ0v) is 14.5. The number of hydrogen-bond acceptors (Lipinski definition) is 4. The fraction of sp³-hybridized carbons (Fsp3) is 0.235. The van der Waals surface area contributed by atoms with E-state index in [0.717, 1.165) is 5.56 Å². The SMILES string of the molecule is CCN(c1cccc(C)c1)S(=O)(=O)c1ccc2oc(=O)n(C)c2c1. The number of aromatic nitrogens is 1. The third-order valence-electron chi connectivity index (χ3n) is 3.93. The van der Waals surface area contributed by atoms with Gasteiger partial charge in [-0.2, -0.15) is 0 Å². The Bertz CT molecular complexity index is 1060. The molecule has 0 saturated heterocycles. The molecule has 0 saturated carbocycles. The summed E-state index contributed by atoms with van der Waals surface area (Å²) in [7, 11) is -2.20. The van der Waals surface area contributed by atoms with Crippen molar-refractivity contribution in [1.82, 2.24) is 4.57 Å². The molecule has 7 heteroatoms. The Hall–Kier alpha value is -2.54. The van der Waals surface area contributed by atoms with Gasteiger partial charge >= 0.3 is 5.76 Å². The predicted octanol–water partition coefficient (Wildman–Crippen LogP) is 2.66. The largest absolute Gasteiger partial charge is 0.419 e. The molecule has 2 aromatic carbocycles. The fourth-order valence-electron chi connectivity index (χ4n) is 2.67. The van der Waals surface area contributed by atoms with Crippen LogP contribution in [0.15, 0.2) is 56.6 Å². The molecule has 0 radical (unpaired) electrons. The zero-order valence-electron chi connectivity index (χ0n) is 13.7. The molecule has 126 valence electrons. The number of anilines is 1. The molecule has 0 spiro atoms. The molecule has 0 aliphatic heterocycles. The first kappa shape index (κ1) is 16.3. The minimum absolute atomic E-state index is 0.120. The maximum absolute atomic E-state index is 13.0. The first-order chi connectivity index (χ1) is 11.3. The third-order valence-corrected chi connectivity index (χ3v) is 5.83. The van der Waals surface area contributed by atoms with Gasteiger partial charge in [0.05, 0.1) is 16.1 Å². The first-order valence-corrected chi connectivity index (χ1v) is 8.97. The summed E-state index contributed by atoms with van der Waals surface area (Å²) >= 11 is 0. The molecule has 0 aliphatic rings. The van der Waals surface area contributed by atoms with E-state index >= 15 is 0 Å². The Morgan fingerprint density at radius 1 is 1.17 bits per heavy atom. The second-order valence-electron chi connectivity index (χ2n) is 5.57. The lowest BCUT2D eigenvalue weighted by atomic mass is 10.2. The minimum Gasteiger partial charge on any atom is -0.408 e. The van der Waals surface area contributed by atoms with Gasteiger partial charge in [0, 0.05) is 13.6 Å². The molecule has 0 bridgehead atoms. The van der Waals surface area contributed by atoms with Crippen LogP contribution in [0.5, 0.6) is 0 Å². The number of oxazole rings is 1. The lowest BCUT2D eigenvalue weighted by molar-refractivity contribution is 0.528. The van der Waals surface area contributed by atoms with Gasteiger partial charge in [0.1, 0.15) is 0 Å². The van der Waals surface area contributed by atoms with Gasteiger partial charge in [-0.15, -0.1) is 0 Å². The van der Waals surface area contributed by atoms with E-state index in [2.05, 4.69) is 0 Å². The summed E-state index contributed by atoms with van der Waals surface area (Å²) in [6.07, 6.45) is 0. The summed E-state index contributed by atoms with van der Waals surface area (Å²) in [5.74, 6) is -0.523. The van der Waals surface area contributed by atoms with E-state index in [9.17, 15) is 13.2 Å². The normalized spacial score (nSPS) is 11.8. The maximum Gasteiger partial charge on any atom is 0.419 e. The van der Waals surface area contributed by atoms with E-state index in [4.69, 9.17) is 4.42 Å². The highest BCUT2D eigenvalue weighted by Crippen LogP contribution is 2.26. The van der Waals surface area contributed by atoms with Crippen molar-refractivity contribution in [1.29, 1.82) is 0 Å². The number of sulfonamides is 1. The summed E-state index contributed by atoms with van der Waals surface area (Å²) in [6, 6.07) is 11.8. The van der Waals surface area contributed by atoms with E-state index in [1.54, 1.807) is 20.0 Å². The number of nitrogens with zero attached hydrogens (tertiary/aromatic N) is 2. The molecule has 1 heterocycles. The molecule has 0 N–H and O–H groups in total. The van der Waals surface area contributed by atoms with Crippen LogP contribution in [0, 0.1) is 6.92 Å². The Morgan fingerprint density at radius 3 is 2.58 bits per heavy atom. The summed E-state index contributed by atoms with van der Waals surface area (Å²) < 4.78 is 33.8. The molecule has 24 heavy (non-hydrogen) atoms. The van der Waals surface area contributed by atoms with Crippen molar-refractivity contribution in [2.75, 3.05) is 10.8 Å². The van der Waals surface area contributed by atoms with Crippen LogP contribution in [0.2, 0.25) is 0 Å². The highest BCUT2D eigenvalue weighted by atomic mass is 32.2. The van der Waals surface area contributed by atoms with Gasteiger partial charge in [0.15, 0.2) is 5.58 Å². The standard InChI is InChI=1S/C17H18N2O4S/c1-4-19(13-7-5-6-12(2)10-13)24(21,22)14-8-9-16-15(11-14)18(3)17(20)23-16/h5-11H,4H2,1-3H3. The van der Waals surface area contributed by atoms with Gasteiger partial charge in [0.2, 0.25) is 0 Å². The number of rotatable bonds is 4. The quantitative estimate of drug-likeness (QED) is 0.728. The van der Waals surface area contributed by atoms with E-state index in [0.29, 0.717) is 23.3 Å². The van der Waals surface area contributed by atoms with Crippen LogP contribution in [0.4, 0.5) is 5.69 Å². The number of benzene rings is 2. The minimum atomic E-state index is -3.74. The van der Waals surface area contributed by atoms with Crippen molar-refractivity contribution in [3.63, 3.8) is 0 Å². The van der Waals surface area contributed by atoms with Crippen molar-refractivity contribution in [3.8, 4) is 0 Å². The van der Waals surface area contributed by atoms with Crippen LogP contribution >= 0.6 is 0 Å². The lowest BCUT2D eigenvalue weighted by Gasteiger charge is -2.23. The molecule has 0 atom stereocenters. The average molecular weight is 346 g/mol. The van der Waals surface area contributed by atoms with Crippen LogP contribution in [0.3, 0.4) is 0 Å². The Balaban J connectivity index is 2.15. The van der Waals surface area contributed by atoms with Gasteiger partial charge < -0.3 is 4.42 Å². The van der Waals surface area contributed by atoms with E-state index in [-0.39, 0.29) is 4.90 Å². The van der Waals surface area contributed by atoms with Crippen LogP contribution < -0.4 is 10.1 Å². The third kappa shape index (κ3) is 2.60. The number of hydrogen-bond donors (Lipinski definition) is 0. The van der Waals surface area contributed by atoms with Gasteiger partial charge in [-0.05, 0) is 49.7 Å². The van der Waals surface area contributed by atoms with Crippen LogP contribution in [0.1, 0.15) is 12.5 Å². The Morgan fingerprint density at radius 2 is 1.92 bits per heavy atom. The predicted molar refractivity (Wildman–Crippen MR) is 92.8 cm³/mol. The summed E-state index contributed by atoms with van der Waals surface area (Å²) in [6.45, 7) is 4.00. The molecule has 0 unspecified atom stereocenters. The Labute approximate surface area is 140 Å². The monoisotopic (exact) mass is 346 g/mol. The van der Waals surface area contributed by atoms with Crippen LogP contribution in [0.25, 0.3) is 11.1 Å². The molecule has 3 aromatic rings. The van der Waals surface area contributed by atoms with Crippen LogP contribution in [-0.4, -0.2) is 19.5 Å². The highest BCUT2D eigenvalue weighted by molar-refractivity contribution is 7.92. The number of fused-ring (bicyclic) bond motifs is 1. The molecule has 0 aliphatic carbocycles. The van der Waals surface area contributed by atoms with Crippen molar-refractivity contribution in [2.24, 2.45) is 7.05 Å². The topological polar surface area (TPSA) is 72.5 Å². The van der Waals surface area contributed by atoms with Crippen molar-refractivity contribution >= 4 is 26.8 Å². The smallest absolute Gasteiger partial charge is 0.408 e. The highest BCUT2D eigenvalue weighted by Gasteiger charge is 2.24. The van der Waals surface area contributed by atoms with Gasteiger partial charge in [-0.3, -0.25) is 8.87 Å². The van der Waals surface area contributed by atoms with E-state index in [1.165, 1.54) is 27.1 Å². The number of aryl methyl sites for hydroxylation is 2. The first-order valence-electron chi connectivity index (χ1n) is 7.53. The Kier molecular flexibility index (Phi) is 3.96. The van der Waals surface area contributed by atoms with Gasteiger partial charge in [0.25, 0.3) is 10.0 Å². The van der Waals surface area contributed by atoms with Crippen molar-refractivity contribution < 1.29 is 12.8 Å². The average Bonchev–Trinajstić information content (AvgIpc) is 2.82. The van der Waals surface area contributed by atoms with Gasteiger partial charge in [-0.25, -0.2) is 13.2 Å². The van der Waals surface area contributed by atoms with Crippen LogP contribution in [-0.2, 0) is 17.1 Å². The van der Waals surface area contributed by atoms with Gasteiger partial charge in [-0.1, -0.05) is 12.1 Å². The molecule has 0 amide bonds. The molecular formula is C17H18N2O4S. The molecule has 3 rings (SSSR count). The lowest BCUT2D eigenvalue weighted by Crippen LogP contribution is -2.30. The summed E-state index contributed by atoms with van der Waals surface area (Å²) in [5, 5.41) is 0. The molecular weight excluding hydrogens is 328 g/mol. The zero-order chi connectivity index (χ0) is 17.5. The van der Waals surface area contributed by atoms with Crippen molar-refractivity contribution in [2.45, 2.75) is 18.7 Å². The van der Waals surface area contributed by atoms with Crippen molar-refractivity contribution in [3.05, 3.63) is 58.6 Å². The second kappa shape index (κ2) is 5.83. The summed E-state index contributed by atoms with van der Waals surface area (Å²) in [5.41, 5.74) is 2.40.